The van der Waals surface area contributed by atoms with E-state index in [1.165, 1.54) is 0 Å². The Morgan fingerprint density at radius 1 is 1.10 bits per heavy atom. The minimum Gasteiger partial charge on any atom is -0.392 e. The molecule has 170 valence electrons. The molecule has 0 radical (unpaired) electrons. The van der Waals surface area contributed by atoms with Gasteiger partial charge in [-0.2, -0.15) is 0 Å². The van der Waals surface area contributed by atoms with Gasteiger partial charge in [0.15, 0.2) is 0 Å². The van der Waals surface area contributed by atoms with E-state index in [1.807, 2.05) is 0 Å². The number of hydrogen-bond acceptors (Lipinski definition) is 8. The Hall–Kier alpha value is -0.320. The Morgan fingerprint density at radius 2 is 1.87 bits per heavy atom. The number of nitrogens with one attached hydrogen (secondary N) is 1. The van der Waals surface area contributed by atoms with Gasteiger partial charge in [-0.15, -0.1) is 0 Å². The average molecular weight is 426 g/mol. The van der Waals surface area contributed by atoms with Crippen molar-refractivity contribution in [3.63, 3.8) is 0 Å². The number of aliphatic hydroxyl groups excluding tert-OH is 2. The van der Waals surface area contributed by atoms with Crippen molar-refractivity contribution in [1.82, 2.24) is 5.32 Å². The van der Waals surface area contributed by atoms with Gasteiger partial charge in [0.1, 0.15) is 11.2 Å². The summed E-state index contributed by atoms with van der Waals surface area (Å²) in [4.78, 5) is 0. The molecule has 5 aliphatic carbocycles. The van der Waals surface area contributed by atoms with Crippen molar-refractivity contribution >= 4 is 0 Å². The minimum absolute atomic E-state index is 0.102. The second kappa shape index (κ2) is 5.97. The van der Waals surface area contributed by atoms with Crippen molar-refractivity contribution in [2.24, 2.45) is 34.5 Å². The smallest absolute Gasteiger partial charge is 0.136 e. The Morgan fingerprint density at radius 3 is 2.53 bits per heavy atom. The van der Waals surface area contributed by atoms with Crippen molar-refractivity contribution < 1.29 is 34.6 Å². The number of piperidine rings is 1. The zero-order valence-corrected chi connectivity index (χ0v) is 18.0. The lowest BCUT2D eigenvalue weighted by atomic mass is 9.43. The summed E-state index contributed by atoms with van der Waals surface area (Å²) in [6.45, 7) is 1.16. The zero-order valence-electron chi connectivity index (χ0n) is 18.0. The molecule has 0 amide bonds. The van der Waals surface area contributed by atoms with E-state index in [0.29, 0.717) is 26.0 Å². The molecule has 1 spiro atoms. The number of hydrogen-bond donors (Lipinski definition) is 5. The van der Waals surface area contributed by atoms with Gasteiger partial charge in [-0.3, -0.25) is 0 Å². The first-order valence-electron chi connectivity index (χ1n) is 11.4. The maximum Gasteiger partial charge on any atom is 0.136 e. The van der Waals surface area contributed by atoms with Crippen LogP contribution in [0.5, 0.6) is 0 Å². The minimum atomic E-state index is -1.64. The van der Waals surface area contributed by atoms with Gasteiger partial charge in [0.2, 0.25) is 0 Å². The van der Waals surface area contributed by atoms with E-state index >= 15 is 0 Å². The van der Waals surface area contributed by atoms with Gasteiger partial charge in [-0.1, -0.05) is 0 Å². The molecule has 0 unspecified atom stereocenters. The van der Waals surface area contributed by atoms with Gasteiger partial charge in [0.05, 0.1) is 37.1 Å². The van der Waals surface area contributed by atoms with E-state index in [1.54, 1.807) is 21.3 Å². The van der Waals surface area contributed by atoms with Crippen LogP contribution in [0.25, 0.3) is 0 Å². The molecular formula is C22H35NO7. The second-order valence-corrected chi connectivity index (χ2v) is 11.0. The summed E-state index contributed by atoms with van der Waals surface area (Å²) in [7, 11) is 4.89. The third-order valence-electron chi connectivity index (χ3n) is 10.7. The molecule has 1 heterocycles. The third-order valence-corrected chi connectivity index (χ3v) is 10.7. The van der Waals surface area contributed by atoms with Crippen LogP contribution in [0.1, 0.15) is 25.7 Å². The number of aliphatic hydroxyl groups is 4. The van der Waals surface area contributed by atoms with Crippen LogP contribution in [-0.2, 0) is 14.2 Å². The summed E-state index contributed by atoms with van der Waals surface area (Å²) in [6, 6.07) is -0.506. The quantitative estimate of drug-likeness (QED) is 0.384. The molecule has 1 saturated heterocycles. The second-order valence-electron chi connectivity index (χ2n) is 11.0. The number of ether oxygens (including phenoxy) is 3. The Balaban J connectivity index is 1.64. The van der Waals surface area contributed by atoms with Crippen molar-refractivity contribution in [2.45, 2.75) is 67.3 Å². The predicted octanol–water partition coefficient (Wildman–Crippen LogP) is -1.12. The average Bonchev–Trinajstić information content (AvgIpc) is 3.07. The summed E-state index contributed by atoms with van der Waals surface area (Å²) < 4.78 is 17.4. The molecule has 5 N–H and O–H groups in total. The maximum absolute atomic E-state index is 12.5. The highest BCUT2D eigenvalue weighted by molar-refractivity contribution is 5.41. The highest BCUT2D eigenvalue weighted by Crippen LogP contribution is 2.78. The summed E-state index contributed by atoms with van der Waals surface area (Å²) in [6.07, 6.45) is -0.0887. The van der Waals surface area contributed by atoms with E-state index in [9.17, 15) is 20.4 Å². The van der Waals surface area contributed by atoms with E-state index in [0.717, 1.165) is 6.42 Å². The first-order valence-corrected chi connectivity index (χ1v) is 11.4. The molecular weight excluding hydrogens is 390 g/mol. The zero-order chi connectivity index (χ0) is 21.3. The monoisotopic (exact) mass is 425 g/mol. The van der Waals surface area contributed by atoms with Crippen molar-refractivity contribution in [1.29, 1.82) is 0 Å². The lowest BCUT2D eigenvalue weighted by Gasteiger charge is -2.67. The van der Waals surface area contributed by atoms with Gasteiger partial charge >= 0.3 is 0 Å². The van der Waals surface area contributed by atoms with Gasteiger partial charge in [-0.05, 0) is 25.2 Å². The number of rotatable bonds is 4. The summed E-state index contributed by atoms with van der Waals surface area (Å²) in [5.41, 5.74) is -4.18. The van der Waals surface area contributed by atoms with Crippen LogP contribution in [0.4, 0.5) is 0 Å². The van der Waals surface area contributed by atoms with Crippen LogP contribution in [0.15, 0.2) is 0 Å². The highest BCUT2D eigenvalue weighted by Gasteiger charge is 2.90. The van der Waals surface area contributed by atoms with Crippen molar-refractivity contribution in [2.75, 3.05) is 34.5 Å². The van der Waals surface area contributed by atoms with Crippen molar-refractivity contribution in [3.05, 3.63) is 0 Å². The van der Waals surface area contributed by atoms with Crippen molar-refractivity contribution in [3.8, 4) is 0 Å². The predicted molar refractivity (Wildman–Crippen MR) is 104 cm³/mol. The van der Waals surface area contributed by atoms with Crippen LogP contribution in [-0.4, -0.2) is 96.6 Å². The van der Waals surface area contributed by atoms with Crippen LogP contribution in [0.2, 0.25) is 0 Å². The SMILES string of the molecule is COC[C@@]12CC[C@H](O)[C@@]34[C@@H]5C[C@H]6[C@H](O)[C@@H]5[C@](O)(C[C@@H]6OC)[C@](O)([C@@H](OC)[C@H]13)[C@H]4NC2. The Bertz CT molecular complexity index is 753. The molecule has 8 nitrogen and oxygen atoms in total. The van der Waals surface area contributed by atoms with Gasteiger partial charge in [-0.25, -0.2) is 0 Å². The first kappa shape index (κ1) is 20.3. The molecule has 6 fully saturated rings. The standard InChI is InChI=1S/C22H35NO7/c1-28-9-19-5-4-13(24)21-11-6-10-12(29-2)7-20(26,14(11)15(10)25)22(27,18(21)23-8-19)17(30-3)16(19)21/h10-18,23-27H,4-9H2,1-3H3/t10-,11-,12+,13+,14-,15+,16-,17+,18+,19+,20-,21+,22+/m1/s1. The molecule has 1 aliphatic heterocycles. The fourth-order valence-corrected chi connectivity index (χ4v) is 10.0. The maximum atomic E-state index is 12.5. The van der Waals surface area contributed by atoms with Gasteiger partial charge < -0.3 is 40.0 Å². The third kappa shape index (κ3) is 1.76. The fraction of sp³-hybridized carbons (Fsp3) is 1.00. The first-order chi connectivity index (χ1) is 14.3. The van der Waals surface area contributed by atoms with E-state index in [2.05, 4.69) is 5.32 Å². The van der Waals surface area contributed by atoms with Gasteiger partial charge in [0.25, 0.3) is 0 Å². The molecule has 0 aromatic heterocycles. The molecule has 5 saturated carbocycles. The summed E-state index contributed by atoms with van der Waals surface area (Å²) >= 11 is 0. The highest BCUT2D eigenvalue weighted by atomic mass is 16.5. The normalized spacial score (nSPS) is 65.1. The molecule has 0 aromatic carbocycles. The molecule has 6 rings (SSSR count). The Kier molecular flexibility index (Phi) is 4.04. The summed E-state index contributed by atoms with van der Waals surface area (Å²) in [5.74, 6) is -0.903. The largest absolute Gasteiger partial charge is 0.392 e. The fourth-order valence-electron chi connectivity index (χ4n) is 10.0. The molecule has 30 heavy (non-hydrogen) atoms. The molecule has 8 heteroatoms. The molecule has 13 atom stereocenters. The van der Waals surface area contributed by atoms with Crippen LogP contribution in [0, 0.1) is 34.5 Å². The number of fused-ring (bicyclic) bond motifs is 2. The lowest BCUT2D eigenvalue weighted by molar-refractivity contribution is -0.298. The van der Waals surface area contributed by atoms with Crippen LogP contribution < -0.4 is 5.32 Å². The van der Waals surface area contributed by atoms with E-state index in [-0.39, 0.29) is 35.7 Å². The molecule has 0 aromatic rings. The number of methoxy groups -OCH3 is 3. The van der Waals surface area contributed by atoms with Crippen LogP contribution >= 0.6 is 0 Å². The Labute approximate surface area is 176 Å². The van der Waals surface area contributed by atoms with Gasteiger partial charge in [0, 0.05) is 62.9 Å². The summed E-state index contributed by atoms with van der Waals surface area (Å²) in [5, 5.41) is 51.2. The van der Waals surface area contributed by atoms with E-state index in [4.69, 9.17) is 14.2 Å². The molecule has 6 aliphatic rings. The van der Waals surface area contributed by atoms with E-state index < -0.39 is 46.9 Å². The van der Waals surface area contributed by atoms with Crippen LogP contribution in [0.3, 0.4) is 0 Å². The lowest BCUT2D eigenvalue weighted by Crippen LogP contribution is -2.81. The molecule has 7 bridgehead atoms. The topological polar surface area (TPSA) is 121 Å².